The number of aryl methyl sites for hydroxylation is 3. The summed E-state index contributed by atoms with van der Waals surface area (Å²) in [6.07, 6.45) is 2.89. The predicted molar refractivity (Wildman–Crippen MR) is 124 cm³/mol. The Morgan fingerprint density at radius 1 is 1.03 bits per heavy atom. The van der Waals surface area contributed by atoms with Gasteiger partial charge in [-0.1, -0.05) is 17.7 Å². The molecule has 1 aliphatic heterocycles. The minimum Gasteiger partial charge on any atom is -0.322 e. The topological polar surface area (TPSA) is 49.4 Å². The number of amides is 2. The van der Waals surface area contributed by atoms with E-state index in [9.17, 15) is 14.0 Å². The zero-order chi connectivity index (χ0) is 22.1. The second kappa shape index (κ2) is 8.81. The Bertz CT molecular complexity index is 1170. The second-order valence-corrected chi connectivity index (χ2v) is 9.48. The van der Waals surface area contributed by atoms with E-state index in [4.69, 9.17) is 11.6 Å². The lowest BCUT2D eigenvalue weighted by Gasteiger charge is -2.22. The van der Waals surface area contributed by atoms with E-state index in [2.05, 4.69) is 5.32 Å². The molecule has 1 N–H and O–H groups in total. The normalized spacial score (nSPS) is 13.5. The molecule has 3 aromatic rings. The number of thiophene rings is 1. The van der Waals surface area contributed by atoms with E-state index >= 15 is 0 Å². The van der Waals surface area contributed by atoms with Gasteiger partial charge in [0.1, 0.15) is 5.82 Å². The highest BCUT2D eigenvalue weighted by atomic mass is 35.5. The molecule has 31 heavy (non-hydrogen) atoms. The van der Waals surface area contributed by atoms with Crippen molar-refractivity contribution < 1.29 is 14.0 Å². The maximum absolute atomic E-state index is 13.5. The van der Waals surface area contributed by atoms with E-state index in [1.165, 1.54) is 23.5 Å². The van der Waals surface area contributed by atoms with Crippen molar-refractivity contribution in [2.45, 2.75) is 33.1 Å². The highest BCUT2D eigenvalue weighted by Crippen LogP contribution is 2.37. The summed E-state index contributed by atoms with van der Waals surface area (Å²) < 4.78 is 14.2. The molecule has 0 spiro atoms. The SMILES string of the molecule is Cc1ccc(F)cc1C(=O)Nc1ccc(C(=O)N2CCCCc3sc(Cl)cc32)c(C)c1. The fourth-order valence-corrected chi connectivity index (χ4v) is 5.15. The van der Waals surface area contributed by atoms with Crippen LogP contribution in [0.5, 0.6) is 0 Å². The first-order valence-electron chi connectivity index (χ1n) is 10.1. The molecule has 0 unspecified atom stereocenters. The number of anilines is 2. The summed E-state index contributed by atoms with van der Waals surface area (Å²) in [5.74, 6) is -0.923. The molecule has 0 fully saturated rings. The van der Waals surface area contributed by atoms with Gasteiger partial charge in [-0.05, 0) is 80.6 Å². The van der Waals surface area contributed by atoms with Gasteiger partial charge >= 0.3 is 0 Å². The van der Waals surface area contributed by atoms with Gasteiger partial charge in [-0.15, -0.1) is 11.3 Å². The Balaban J connectivity index is 1.57. The second-order valence-electron chi connectivity index (χ2n) is 7.72. The average molecular weight is 457 g/mol. The average Bonchev–Trinajstić information content (AvgIpc) is 2.98. The van der Waals surface area contributed by atoms with Crippen molar-refractivity contribution in [2.75, 3.05) is 16.8 Å². The first-order valence-corrected chi connectivity index (χ1v) is 11.3. The first-order chi connectivity index (χ1) is 14.8. The van der Waals surface area contributed by atoms with Crippen molar-refractivity contribution in [1.82, 2.24) is 0 Å². The quantitative estimate of drug-likeness (QED) is 0.496. The third kappa shape index (κ3) is 4.50. The number of hydrogen-bond acceptors (Lipinski definition) is 3. The van der Waals surface area contributed by atoms with Crippen LogP contribution >= 0.6 is 22.9 Å². The van der Waals surface area contributed by atoms with Crippen LogP contribution in [-0.4, -0.2) is 18.4 Å². The van der Waals surface area contributed by atoms with Crippen LogP contribution in [0.3, 0.4) is 0 Å². The summed E-state index contributed by atoms with van der Waals surface area (Å²) in [7, 11) is 0. The van der Waals surface area contributed by atoms with E-state index in [0.717, 1.165) is 35.4 Å². The summed E-state index contributed by atoms with van der Waals surface area (Å²) in [5, 5.41) is 2.80. The van der Waals surface area contributed by atoms with Crippen molar-refractivity contribution in [1.29, 1.82) is 0 Å². The molecule has 2 aromatic carbocycles. The van der Waals surface area contributed by atoms with Crippen molar-refractivity contribution in [2.24, 2.45) is 0 Å². The van der Waals surface area contributed by atoms with Gasteiger partial charge in [-0.2, -0.15) is 0 Å². The Hall–Kier alpha value is -2.70. The standard InChI is InChI=1S/C24H22ClFN2O2S/c1-14-6-7-16(26)12-19(14)23(29)27-17-8-9-18(15(2)11-17)24(30)28-10-4-3-5-21-20(28)13-22(25)31-21/h6-9,11-13H,3-5,10H2,1-2H3,(H,27,29). The number of benzene rings is 2. The zero-order valence-corrected chi connectivity index (χ0v) is 18.9. The number of fused-ring (bicyclic) bond motifs is 1. The van der Waals surface area contributed by atoms with Crippen LogP contribution in [0, 0.1) is 19.7 Å². The molecule has 2 heterocycles. The van der Waals surface area contributed by atoms with Gasteiger partial charge < -0.3 is 10.2 Å². The molecule has 4 nitrogen and oxygen atoms in total. The molecule has 2 amide bonds. The summed E-state index contributed by atoms with van der Waals surface area (Å²) in [6, 6.07) is 11.2. The predicted octanol–water partition coefficient (Wildman–Crippen LogP) is 6.39. The van der Waals surface area contributed by atoms with E-state index in [1.807, 2.05) is 13.0 Å². The first kappa shape index (κ1) is 21.5. The van der Waals surface area contributed by atoms with Crippen molar-refractivity contribution in [3.05, 3.63) is 79.7 Å². The minimum atomic E-state index is -0.460. The van der Waals surface area contributed by atoms with Crippen LogP contribution in [0.2, 0.25) is 4.34 Å². The zero-order valence-electron chi connectivity index (χ0n) is 17.3. The molecule has 0 radical (unpaired) electrons. The number of halogens is 2. The Morgan fingerprint density at radius 3 is 2.61 bits per heavy atom. The molecule has 0 atom stereocenters. The molecule has 0 saturated heterocycles. The van der Waals surface area contributed by atoms with E-state index in [1.54, 1.807) is 36.1 Å². The van der Waals surface area contributed by atoms with Gasteiger partial charge in [-0.25, -0.2) is 4.39 Å². The molecule has 0 saturated carbocycles. The van der Waals surface area contributed by atoms with Gasteiger partial charge in [-0.3, -0.25) is 9.59 Å². The molecular formula is C24H22ClFN2O2S. The van der Waals surface area contributed by atoms with Crippen LogP contribution in [-0.2, 0) is 6.42 Å². The molecule has 1 aromatic heterocycles. The van der Waals surface area contributed by atoms with Crippen LogP contribution in [0.25, 0.3) is 0 Å². The number of nitrogens with one attached hydrogen (secondary N) is 1. The van der Waals surface area contributed by atoms with Crippen LogP contribution in [0.4, 0.5) is 15.8 Å². The Labute approximate surface area is 189 Å². The largest absolute Gasteiger partial charge is 0.322 e. The van der Waals surface area contributed by atoms with Crippen molar-refractivity contribution in [3.8, 4) is 0 Å². The number of hydrogen-bond donors (Lipinski definition) is 1. The highest BCUT2D eigenvalue weighted by molar-refractivity contribution is 7.16. The van der Waals surface area contributed by atoms with Crippen LogP contribution in [0.1, 0.15) is 49.6 Å². The number of carbonyl (C=O) groups excluding carboxylic acids is 2. The maximum Gasteiger partial charge on any atom is 0.258 e. The van der Waals surface area contributed by atoms with Gasteiger partial charge in [0.15, 0.2) is 0 Å². The van der Waals surface area contributed by atoms with Gasteiger partial charge in [0.05, 0.1) is 10.0 Å². The fraction of sp³-hybridized carbons (Fsp3) is 0.250. The molecule has 7 heteroatoms. The molecule has 1 aliphatic rings. The van der Waals surface area contributed by atoms with Gasteiger partial charge in [0.25, 0.3) is 11.8 Å². The lowest BCUT2D eigenvalue weighted by Crippen LogP contribution is -2.32. The van der Waals surface area contributed by atoms with E-state index < -0.39 is 5.82 Å². The third-order valence-corrected chi connectivity index (χ3v) is 6.80. The monoisotopic (exact) mass is 456 g/mol. The van der Waals surface area contributed by atoms with Crippen LogP contribution < -0.4 is 10.2 Å². The number of nitrogens with zero attached hydrogens (tertiary/aromatic N) is 1. The Kier molecular flexibility index (Phi) is 6.12. The third-order valence-electron chi connectivity index (χ3n) is 5.49. The van der Waals surface area contributed by atoms with Crippen molar-refractivity contribution >= 4 is 46.1 Å². The summed E-state index contributed by atoms with van der Waals surface area (Å²) in [6.45, 7) is 4.25. The van der Waals surface area contributed by atoms with Crippen LogP contribution in [0.15, 0.2) is 42.5 Å². The molecular weight excluding hydrogens is 435 g/mol. The summed E-state index contributed by atoms with van der Waals surface area (Å²) >= 11 is 7.74. The number of carbonyl (C=O) groups is 2. The van der Waals surface area contributed by atoms with Crippen molar-refractivity contribution in [3.63, 3.8) is 0 Å². The minimum absolute atomic E-state index is 0.0750. The molecule has 160 valence electrons. The lowest BCUT2D eigenvalue weighted by molar-refractivity contribution is 0.0985. The van der Waals surface area contributed by atoms with Gasteiger partial charge in [0, 0.05) is 28.2 Å². The molecule has 0 aliphatic carbocycles. The Morgan fingerprint density at radius 2 is 1.84 bits per heavy atom. The van der Waals surface area contributed by atoms with E-state index in [-0.39, 0.29) is 17.4 Å². The fourth-order valence-electron chi connectivity index (χ4n) is 3.85. The molecule has 0 bridgehead atoms. The maximum atomic E-state index is 13.5. The molecule has 4 rings (SSSR count). The van der Waals surface area contributed by atoms with E-state index in [0.29, 0.717) is 27.7 Å². The smallest absolute Gasteiger partial charge is 0.258 e. The lowest BCUT2D eigenvalue weighted by atomic mass is 10.0. The summed E-state index contributed by atoms with van der Waals surface area (Å²) in [4.78, 5) is 28.9. The summed E-state index contributed by atoms with van der Waals surface area (Å²) in [5.41, 5.74) is 3.76. The highest BCUT2D eigenvalue weighted by Gasteiger charge is 2.25. The number of rotatable bonds is 3. The van der Waals surface area contributed by atoms with Gasteiger partial charge in [0.2, 0.25) is 0 Å².